The minimum absolute atomic E-state index is 0.124. The molecule has 0 atom stereocenters. The lowest BCUT2D eigenvalue weighted by atomic mass is 10.1. The zero-order chi connectivity index (χ0) is 17.7. The number of amides is 2. The van der Waals surface area contributed by atoms with Crippen LogP contribution in [0.25, 0.3) is 0 Å². The molecule has 0 spiro atoms. The van der Waals surface area contributed by atoms with E-state index in [1.807, 2.05) is 0 Å². The summed E-state index contributed by atoms with van der Waals surface area (Å²) in [5.41, 5.74) is 4.48. The topological polar surface area (TPSA) is 81.4 Å². The molecule has 0 aliphatic heterocycles. The van der Waals surface area contributed by atoms with Gasteiger partial charge in [-0.2, -0.15) is 13.2 Å². The summed E-state index contributed by atoms with van der Waals surface area (Å²) in [6.07, 6.45) is -4.45. The molecule has 126 valence electrons. The van der Waals surface area contributed by atoms with E-state index in [1.165, 1.54) is 12.1 Å². The van der Waals surface area contributed by atoms with Crippen LogP contribution >= 0.6 is 0 Å². The van der Waals surface area contributed by atoms with Crippen LogP contribution in [0.5, 0.6) is 5.75 Å². The molecule has 24 heavy (non-hydrogen) atoms. The van der Waals surface area contributed by atoms with Gasteiger partial charge in [0.25, 0.3) is 11.8 Å². The number of primary amides is 1. The molecule has 0 saturated heterocycles. The third-order valence-corrected chi connectivity index (χ3v) is 2.97. The van der Waals surface area contributed by atoms with Crippen molar-refractivity contribution in [2.75, 3.05) is 11.9 Å². The van der Waals surface area contributed by atoms with Gasteiger partial charge in [-0.15, -0.1) is 0 Å². The van der Waals surface area contributed by atoms with Crippen LogP contribution in [0.15, 0.2) is 48.5 Å². The van der Waals surface area contributed by atoms with E-state index in [0.29, 0.717) is 0 Å². The summed E-state index contributed by atoms with van der Waals surface area (Å²) in [7, 11) is 0. The third-order valence-electron chi connectivity index (χ3n) is 2.97. The molecule has 2 aromatic carbocycles. The van der Waals surface area contributed by atoms with Crippen LogP contribution in [0.4, 0.5) is 18.9 Å². The van der Waals surface area contributed by atoms with Crippen LogP contribution in [-0.4, -0.2) is 18.4 Å². The van der Waals surface area contributed by atoms with Crippen LogP contribution in [0.2, 0.25) is 0 Å². The highest BCUT2D eigenvalue weighted by Crippen LogP contribution is 2.30. The number of hydrogen-bond acceptors (Lipinski definition) is 3. The highest BCUT2D eigenvalue weighted by molar-refractivity contribution is 6.06. The summed E-state index contributed by atoms with van der Waals surface area (Å²) >= 11 is 0. The van der Waals surface area contributed by atoms with Crippen molar-refractivity contribution in [2.24, 2.45) is 5.73 Å². The number of anilines is 1. The van der Waals surface area contributed by atoms with E-state index >= 15 is 0 Å². The summed E-state index contributed by atoms with van der Waals surface area (Å²) in [5.74, 6) is -1.15. The molecule has 5 nitrogen and oxygen atoms in total. The smallest absolute Gasteiger partial charge is 0.416 e. The normalized spacial score (nSPS) is 11.0. The van der Waals surface area contributed by atoms with Gasteiger partial charge < -0.3 is 15.8 Å². The van der Waals surface area contributed by atoms with E-state index in [2.05, 4.69) is 5.32 Å². The number of carbonyl (C=O) groups is 2. The first kappa shape index (κ1) is 17.3. The Kier molecular flexibility index (Phi) is 5.08. The van der Waals surface area contributed by atoms with Gasteiger partial charge in [-0.25, -0.2) is 0 Å². The first-order valence-corrected chi connectivity index (χ1v) is 6.76. The fraction of sp³-hybridized carbons (Fsp3) is 0.125. The lowest BCUT2D eigenvalue weighted by Crippen LogP contribution is -2.21. The van der Waals surface area contributed by atoms with Gasteiger partial charge in [0.05, 0.1) is 11.1 Å². The predicted octanol–water partition coefficient (Wildman–Crippen LogP) is 2.82. The maximum absolute atomic E-state index is 12.5. The minimum atomic E-state index is -4.45. The first-order chi connectivity index (χ1) is 11.3. The molecule has 0 heterocycles. The van der Waals surface area contributed by atoms with Crippen molar-refractivity contribution in [1.29, 1.82) is 0 Å². The van der Waals surface area contributed by atoms with Gasteiger partial charge in [-0.3, -0.25) is 9.59 Å². The fourth-order valence-electron chi connectivity index (χ4n) is 1.87. The number of hydrogen-bond donors (Lipinski definition) is 2. The van der Waals surface area contributed by atoms with E-state index in [9.17, 15) is 22.8 Å². The Bertz CT molecular complexity index is 743. The van der Waals surface area contributed by atoms with Crippen molar-refractivity contribution in [2.45, 2.75) is 6.18 Å². The van der Waals surface area contributed by atoms with Crippen molar-refractivity contribution in [3.8, 4) is 5.75 Å². The maximum atomic E-state index is 12.5. The van der Waals surface area contributed by atoms with Crippen molar-refractivity contribution in [1.82, 2.24) is 0 Å². The first-order valence-electron chi connectivity index (χ1n) is 6.76. The van der Waals surface area contributed by atoms with E-state index in [-0.39, 0.29) is 17.0 Å². The number of carbonyl (C=O) groups excluding carboxylic acids is 2. The second-order valence-electron chi connectivity index (χ2n) is 4.78. The molecule has 0 unspecified atom stereocenters. The molecule has 2 rings (SSSR count). The van der Waals surface area contributed by atoms with Gasteiger partial charge >= 0.3 is 6.18 Å². The van der Waals surface area contributed by atoms with Crippen LogP contribution in [0.3, 0.4) is 0 Å². The van der Waals surface area contributed by atoms with Gasteiger partial charge in [-0.1, -0.05) is 12.1 Å². The van der Waals surface area contributed by atoms with E-state index < -0.39 is 30.2 Å². The summed E-state index contributed by atoms with van der Waals surface area (Å²) in [4.78, 5) is 23.0. The monoisotopic (exact) mass is 338 g/mol. The van der Waals surface area contributed by atoms with Gasteiger partial charge in [0.15, 0.2) is 6.61 Å². The molecule has 0 fully saturated rings. The average Bonchev–Trinajstić information content (AvgIpc) is 2.52. The number of alkyl halides is 3. The van der Waals surface area contributed by atoms with Gasteiger partial charge in [-0.05, 0) is 36.4 Å². The lowest BCUT2D eigenvalue weighted by Gasteiger charge is -2.11. The molecule has 0 aromatic heterocycles. The lowest BCUT2D eigenvalue weighted by molar-refractivity contribution is -0.137. The molecular formula is C16H13F3N2O3. The predicted molar refractivity (Wildman–Crippen MR) is 80.5 cm³/mol. The van der Waals surface area contributed by atoms with Crippen molar-refractivity contribution >= 4 is 17.5 Å². The van der Waals surface area contributed by atoms with Crippen LogP contribution in [0.1, 0.15) is 15.9 Å². The standard InChI is InChI=1S/C16H13F3N2O3/c17-16(18,19)10-5-7-11(8-6-10)21-15(23)12-3-1-2-4-13(12)24-9-14(20)22/h1-8H,9H2,(H2,20,22)(H,21,23). The Balaban J connectivity index is 2.14. The van der Waals surface area contributed by atoms with E-state index in [4.69, 9.17) is 10.5 Å². The Labute approximate surface area is 135 Å². The molecule has 8 heteroatoms. The number of rotatable bonds is 5. The van der Waals surface area contributed by atoms with Gasteiger partial charge in [0.2, 0.25) is 0 Å². The number of ether oxygens (including phenoxy) is 1. The largest absolute Gasteiger partial charge is 0.483 e. The molecule has 2 aromatic rings. The molecule has 0 radical (unpaired) electrons. The van der Waals surface area contributed by atoms with Gasteiger partial charge in [0.1, 0.15) is 5.75 Å². The average molecular weight is 338 g/mol. The molecule has 0 aliphatic carbocycles. The summed E-state index contributed by atoms with van der Waals surface area (Å²) in [5, 5.41) is 2.46. The minimum Gasteiger partial charge on any atom is -0.483 e. The zero-order valence-corrected chi connectivity index (χ0v) is 12.3. The Morgan fingerprint density at radius 2 is 1.67 bits per heavy atom. The van der Waals surface area contributed by atoms with Crippen molar-refractivity contribution in [3.05, 3.63) is 59.7 Å². The number of nitrogens with one attached hydrogen (secondary N) is 1. The van der Waals surface area contributed by atoms with Gasteiger partial charge in [0, 0.05) is 5.69 Å². The SMILES string of the molecule is NC(=O)COc1ccccc1C(=O)Nc1ccc(C(F)(F)F)cc1. The van der Waals surface area contributed by atoms with Crippen LogP contribution < -0.4 is 15.8 Å². The highest BCUT2D eigenvalue weighted by Gasteiger charge is 2.30. The molecular weight excluding hydrogens is 325 g/mol. The molecule has 0 saturated carbocycles. The summed E-state index contributed by atoms with van der Waals surface area (Å²) < 4.78 is 42.7. The second-order valence-corrected chi connectivity index (χ2v) is 4.78. The second kappa shape index (κ2) is 7.03. The quantitative estimate of drug-likeness (QED) is 0.879. The molecule has 0 aliphatic rings. The number of para-hydroxylation sites is 1. The molecule has 3 N–H and O–H groups in total. The van der Waals surface area contributed by atoms with E-state index in [0.717, 1.165) is 24.3 Å². The fourth-order valence-corrected chi connectivity index (χ4v) is 1.87. The van der Waals surface area contributed by atoms with E-state index in [1.54, 1.807) is 12.1 Å². The maximum Gasteiger partial charge on any atom is 0.416 e. The Hall–Kier alpha value is -3.03. The summed E-state index contributed by atoms with van der Waals surface area (Å²) in [6.45, 7) is -0.398. The zero-order valence-electron chi connectivity index (χ0n) is 12.3. The Morgan fingerprint density at radius 3 is 2.25 bits per heavy atom. The molecule has 0 bridgehead atoms. The van der Waals surface area contributed by atoms with Crippen molar-refractivity contribution < 1.29 is 27.5 Å². The summed E-state index contributed by atoms with van der Waals surface area (Å²) in [6, 6.07) is 10.1. The highest BCUT2D eigenvalue weighted by atomic mass is 19.4. The number of halogens is 3. The third kappa shape index (κ3) is 4.48. The van der Waals surface area contributed by atoms with Crippen molar-refractivity contribution in [3.63, 3.8) is 0 Å². The Morgan fingerprint density at radius 1 is 1.04 bits per heavy atom. The van der Waals surface area contributed by atoms with Crippen LogP contribution in [0, 0.1) is 0 Å². The van der Waals surface area contributed by atoms with Crippen LogP contribution in [-0.2, 0) is 11.0 Å². The molecule has 2 amide bonds. The number of benzene rings is 2. The number of nitrogens with two attached hydrogens (primary N) is 1.